The Hall–Kier alpha value is -1.28. The minimum atomic E-state index is 0.196. The van der Waals surface area contributed by atoms with Crippen molar-refractivity contribution in [3.63, 3.8) is 0 Å². The van der Waals surface area contributed by atoms with E-state index in [0.29, 0.717) is 0 Å². The monoisotopic (exact) mass is 376 g/mol. The van der Waals surface area contributed by atoms with Crippen molar-refractivity contribution < 1.29 is 9.84 Å². The van der Waals surface area contributed by atoms with Gasteiger partial charge in [-0.05, 0) is 37.2 Å². The molecule has 6 nitrogen and oxygen atoms in total. The van der Waals surface area contributed by atoms with Crippen LogP contribution in [0.15, 0.2) is 0 Å². The molecule has 2 aromatic rings. The minimum Gasteiger partial charge on any atom is -0.396 e. The number of morpholine rings is 1. The van der Waals surface area contributed by atoms with E-state index in [-0.39, 0.29) is 6.61 Å². The Morgan fingerprint density at radius 2 is 2.15 bits per heavy atom. The van der Waals surface area contributed by atoms with Crippen LogP contribution in [-0.4, -0.2) is 59.4 Å². The smallest absolute Gasteiger partial charge is 0.146 e. The van der Waals surface area contributed by atoms with Crippen LogP contribution in [0.2, 0.25) is 0 Å². The number of ether oxygens (including phenoxy) is 1. The summed E-state index contributed by atoms with van der Waals surface area (Å²) in [6, 6.07) is 0. The van der Waals surface area contributed by atoms with Gasteiger partial charge in [0.1, 0.15) is 16.5 Å². The average Bonchev–Trinajstić information content (AvgIpc) is 3.00. The Balaban J connectivity index is 1.67. The van der Waals surface area contributed by atoms with Gasteiger partial charge in [0.05, 0.1) is 25.1 Å². The molecular formula is C19H28N4O2S. The molecule has 2 N–H and O–H groups in total. The number of nitrogens with one attached hydrogen (secondary N) is 1. The molecule has 1 saturated heterocycles. The average molecular weight is 377 g/mol. The molecule has 1 atom stereocenters. The van der Waals surface area contributed by atoms with E-state index in [1.165, 1.54) is 22.2 Å². The largest absolute Gasteiger partial charge is 0.396 e. The molecule has 2 aliphatic rings. The summed E-state index contributed by atoms with van der Waals surface area (Å²) in [4.78, 5) is 14.8. The summed E-state index contributed by atoms with van der Waals surface area (Å²) in [5.74, 6) is 2.60. The van der Waals surface area contributed by atoms with E-state index in [0.717, 1.165) is 81.0 Å². The molecule has 26 heavy (non-hydrogen) atoms. The van der Waals surface area contributed by atoms with Crippen LogP contribution in [0.1, 0.15) is 36.0 Å². The van der Waals surface area contributed by atoms with Crippen molar-refractivity contribution in [1.29, 1.82) is 0 Å². The standard InChI is InChI=1S/C19H28N4O2S/c1-13-3-4-14-15(11-13)26-19-17(14)18(20-5-2-8-24)21-16(22-19)12-23-6-9-25-10-7-23/h13,24H,2-12H2,1H3,(H,20,21,22)/t13-/m1/s1. The third kappa shape index (κ3) is 3.86. The second-order valence-corrected chi connectivity index (χ2v) is 8.50. The Morgan fingerprint density at radius 3 is 2.96 bits per heavy atom. The van der Waals surface area contributed by atoms with Gasteiger partial charge in [0.25, 0.3) is 0 Å². The molecule has 1 fully saturated rings. The van der Waals surface area contributed by atoms with Gasteiger partial charge in [-0.3, -0.25) is 4.90 Å². The van der Waals surface area contributed by atoms with Crippen LogP contribution in [0, 0.1) is 5.92 Å². The maximum atomic E-state index is 9.12. The summed E-state index contributed by atoms with van der Waals surface area (Å²) in [6.07, 6.45) is 4.25. The number of nitrogens with zero attached hydrogens (tertiary/aromatic N) is 3. The molecule has 7 heteroatoms. The number of hydrogen-bond acceptors (Lipinski definition) is 7. The zero-order valence-corrected chi connectivity index (χ0v) is 16.3. The van der Waals surface area contributed by atoms with Gasteiger partial charge in [-0.1, -0.05) is 6.92 Å². The number of rotatable bonds is 6. The fraction of sp³-hybridized carbons (Fsp3) is 0.684. The van der Waals surface area contributed by atoms with Crippen LogP contribution in [-0.2, 0) is 24.1 Å². The zero-order valence-electron chi connectivity index (χ0n) is 15.5. The summed E-state index contributed by atoms with van der Waals surface area (Å²) >= 11 is 1.85. The molecule has 1 aliphatic carbocycles. The van der Waals surface area contributed by atoms with Crippen LogP contribution in [0.5, 0.6) is 0 Å². The molecule has 0 saturated carbocycles. The summed E-state index contributed by atoms with van der Waals surface area (Å²) in [5.41, 5.74) is 1.45. The lowest BCUT2D eigenvalue weighted by atomic mass is 9.89. The Bertz CT molecular complexity index is 758. The molecule has 0 radical (unpaired) electrons. The number of aromatic nitrogens is 2. The maximum absolute atomic E-state index is 9.12. The van der Waals surface area contributed by atoms with Crippen molar-refractivity contribution in [3.8, 4) is 0 Å². The van der Waals surface area contributed by atoms with Crippen molar-refractivity contribution in [2.45, 2.75) is 39.2 Å². The second kappa shape index (κ2) is 8.17. The fourth-order valence-corrected chi connectivity index (χ4v) is 5.23. The molecule has 142 valence electrons. The molecule has 0 amide bonds. The number of aryl methyl sites for hydroxylation is 1. The number of aliphatic hydroxyl groups excluding tert-OH is 1. The highest BCUT2D eigenvalue weighted by molar-refractivity contribution is 7.19. The molecule has 2 aromatic heterocycles. The van der Waals surface area contributed by atoms with E-state index in [9.17, 15) is 0 Å². The minimum absolute atomic E-state index is 0.196. The first kappa shape index (κ1) is 18.1. The van der Waals surface area contributed by atoms with Gasteiger partial charge in [0.15, 0.2) is 0 Å². The SMILES string of the molecule is C[C@@H]1CCc2c(sc3nc(CN4CCOCC4)nc(NCCCO)c23)C1. The van der Waals surface area contributed by atoms with Crippen molar-refractivity contribution in [2.24, 2.45) is 5.92 Å². The van der Waals surface area contributed by atoms with Crippen molar-refractivity contribution in [2.75, 3.05) is 44.8 Å². The van der Waals surface area contributed by atoms with Crippen molar-refractivity contribution in [3.05, 3.63) is 16.3 Å². The predicted octanol–water partition coefficient (Wildman–Crippen LogP) is 2.44. The maximum Gasteiger partial charge on any atom is 0.146 e. The van der Waals surface area contributed by atoms with Gasteiger partial charge in [-0.25, -0.2) is 9.97 Å². The van der Waals surface area contributed by atoms with Crippen LogP contribution in [0.25, 0.3) is 10.2 Å². The van der Waals surface area contributed by atoms with Crippen LogP contribution >= 0.6 is 11.3 Å². The lowest BCUT2D eigenvalue weighted by Crippen LogP contribution is -2.36. The normalized spacial score (nSPS) is 21.1. The molecule has 0 bridgehead atoms. The van der Waals surface area contributed by atoms with E-state index in [4.69, 9.17) is 19.8 Å². The summed E-state index contributed by atoms with van der Waals surface area (Å²) in [7, 11) is 0. The third-order valence-electron chi connectivity index (χ3n) is 5.30. The highest BCUT2D eigenvalue weighted by Crippen LogP contribution is 2.40. The quantitative estimate of drug-likeness (QED) is 0.755. The highest BCUT2D eigenvalue weighted by Gasteiger charge is 2.24. The van der Waals surface area contributed by atoms with Gasteiger partial charge in [0, 0.05) is 31.1 Å². The first-order valence-corrected chi connectivity index (χ1v) is 10.5. The summed E-state index contributed by atoms with van der Waals surface area (Å²) in [6.45, 7) is 7.49. The van der Waals surface area contributed by atoms with Gasteiger partial charge in [-0.2, -0.15) is 0 Å². The van der Waals surface area contributed by atoms with Crippen molar-refractivity contribution in [1.82, 2.24) is 14.9 Å². The predicted molar refractivity (Wildman–Crippen MR) is 105 cm³/mol. The first-order chi connectivity index (χ1) is 12.7. The van der Waals surface area contributed by atoms with Gasteiger partial charge >= 0.3 is 0 Å². The Labute approximate surface area is 158 Å². The summed E-state index contributed by atoms with van der Waals surface area (Å²) in [5, 5.41) is 13.8. The highest BCUT2D eigenvalue weighted by atomic mass is 32.1. The van der Waals surface area contributed by atoms with Crippen LogP contribution in [0.4, 0.5) is 5.82 Å². The van der Waals surface area contributed by atoms with Gasteiger partial charge < -0.3 is 15.2 Å². The zero-order chi connectivity index (χ0) is 17.9. The van der Waals surface area contributed by atoms with E-state index in [1.54, 1.807) is 0 Å². The first-order valence-electron chi connectivity index (χ1n) is 9.70. The van der Waals surface area contributed by atoms with E-state index in [1.807, 2.05) is 11.3 Å². The number of thiophene rings is 1. The number of hydrogen-bond donors (Lipinski definition) is 2. The topological polar surface area (TPSA) is 70.5 Å². The number of anilines is 1. The van der Waals surface area contributed by atoms with Crippen LogP contribution in [0.3, 0.4) is 0 Å². The molecule has 0 spiro atoms. The Kier molecular flexibility index (Phi) is 5.69. The second-order valence-electron chi connectivity index (χ2n) is 7.41. The van der Waals surface area contributed by atoms with Gasteiger partial charge in [-0.15, -0.1) is 11.3 Å². The summed E-state index contributed by atoms with van der Waals surface area (Å²) < 4.78 is 5.45. The van der Waals surface area contributed by atoms with Gasteiger partial charge in [0.2, 0.25) is 0 Å². The Morgan fingerprint density at radius 1 is 1.31 bits per heavy atom. The van der Waals surface area contributed by atoms with E-state index >= 15 is 0 Å². The number of fused-ring (bicyclic) bond motifs is 3. The van der Waals surface area contributed by atoms with E-state index in [2.05, 4.69) is 17.1 Å². The molecule has 1 aliphatic heterocycles. The molecular weight excluding hydrogens is 348 g/mol. The lowest BCUT2D eigenvalue weighted by molar-refractivity contribution is 0.0331. The van der Waals surface area contributed by atoms with E-state index < -0.39 is 0 Å². The third-order valence-corrected chi connectivity index (χ3v) is 6.45. The number of aliphatic hydroxyl groups is 1. The molecule has 3 heterocycles. The molecule has 0 aromatic carbocycles. The fourth-order valence-electron chi connectivity index (χ4n) is 3.83. The van der Waals surface area contributed by atoms with Crippen LogP contribution < -0.4 is 5.32 Å². The van der Waals surface area contributed by atoms with Crippen molar-refractivity contribution >= 4 is 27.4 Å². The molecule has 4 rings (SSSR count). The molecule has 0 unspecified atom stereocenters. The lowest BCUT2D eigenvalue weighted by Gasteiger charge is -2.26.